The van der Waals surface area contributed by atoms with Crippen LogP contribution in [0, 0.1) is 26.0 Å². The second-order valence-electron chi connectivity index (χ2n) is 10.0. The van der Waals surface area contributed by atoms with Gasteiger partial charge >= 0.3 is 21.1 Å². The first kappa shape index (κ1) is 23.6. The van der Waals surface area contributed by atoms with E-state index in [1.54, 1.807) is 0 Å². The summed E-state index contributed by atoms with van der Waals surface area (Å²) in [6.07, 6.45) is 0. The molecule has 0 radical (unpaired) electrons. The molecule has 0 fully saturated rings. The van der Waals surface area contributed by atoms with Crippen molar-refractivity contribution in [3.63, 3.8) is 0 Å². The number of pyridine rings is 2. The van der Waals surface area contributed by atoms with Crippen LogP contribution < -0.4 is 0 Å². The minimum atomic E-state index is -0.339. The number of fused-ring (bicyclic) bond motifs is 10. The van der Waals surface area contributed by atoms with Gasteiger partial charge in [-0.2, -0.15) is 0 Å². The van der Waals surface area contributed by atoms with Gasteiger partial charge in [-0.3, -0.25) is 0 Å². The molecule has 0 unspecified atom stereocenters. The van der Waals surface area contributed by atoms with E-state index in [2.05, 4.69) is 114 Å². The number of aromatic nitrogens is 2. The molecule has 0 saturated carbocycles. The molecule has 2 aromatic carbocycles. The summed E-state index contributed by atoms with van der Waals surface area (Å²) in [5, 5.41) is 0. The van der Waals surface area contributed by atoms with Gasteiger partial charge in [0.1, 0.15) is 0 Å². The van der Waals surface area contributed by atoms with Crippen molar-refractivity contribution in [2.45, 2.75) is 52.4 Å². The minimum Gasteiger partial charge on any atom is -0.300 e. The van der Waals surface area contributed by atoms with Gasteiger partial charge in [0.05, 0.1) is 0 Å². The molecule has 0 atom stereocenters. The Morgan fingerprint density at radius 1 is 0.606 bits per heavy atom. The zero-order valence-corrected chi connectivity index (χ0v) is 22.3. The molecule has 1 aliphatic rings. The first-order chi connectivity index (χ1) is 15.1. The van der Waals surface area contributed by atoms with Gasteiger partial charge in [0, 0.05) is 16.8 Å². The molecule has 8 bridgehead atoms. The van der Waals surface area contributed by atoms with E-state index in [-0.39, 0.29) is 31.9 Å². The molecule has 5 rings (SSSR count). The Bertz CT molecular complexity index is 1250. The maximum absolute atomic E-state index is 5.09. The molecule has 0 amide bonds. The van der Waals surface area contributed by atoms with Crippen LogP contribution in [0.4, 0.5) is 0 Å². The molecule has 33 heavy (non-hydrogen) atoms. The van der Waals surface area contributed by atoms with Crippen molar-refractivity contribution in [1.82, 2.24) is 9.97 Å². The van der Waals surface area contributed by atoms with Crippen molar-refractivity contribution in [2.75, 3.05) is 0 Å². The fourth-order valence-electron chi connectivity index (χ4n) is 4.52. The van der Waals surface area contributed by atoms with Gasteiger partial charge in [0.15, 0.2) is 0 Å². The number of rotatable bonds is 0. The van der Waals surface area contributed by atoms with Crippen LogP contribution in [0.25, 0.3) is 22.5 Å². The van der Waals surface area contributed by atoms with Crippen molar-refractivity contribution in [3.05, 3.63) is 106 Å². The molecule has 0 aliphatic carbocycles. The number of benzene rings is 2. The summed E-state index contributed by atoms with van der Waals surface area (Å²) in [6.45, 7) is 13.2. The maximum atomic E-state index is 5.09. The predicted molar refractivity (Wildman–Crippen MR) is 131 cm³/mol. The second kappa shape index (κ2) is 8.33. The normalized spacial score (nSPS) is 15.2. The Hall–Kier alpha value is -2.57. The van der Waals surface area contributed by atoms with E-state index in [9.17, 15) is 0 Å². The molecule has 168 valence electrons. The number of hydrogen-bond donors (Lipinski definition) is 0. The van der Waals surface area contributed by atoms with Crippen molar-refractivity contribution in [3.8, 4) is 22.5 Å². The average molecular weight is 612 g/mol. The molecule has 2 nitrogen and oxygen atoms in total. The third kappa shape index (κ3) is 4.11. The van der Waals surface area contributed by atoms with Gasteiger partial charge in [-0.1, -0.05) is 52.0 Å². The molecule has 2 aromatic heterocycles. The van der Waals surface area contributed by atoms with E-state index in [0.717, 1.165) is 45.0 Å². The molecule has 0 N–H and O–H groups in total. The predicted octanol–water partition coefficient (Wildman–Crippen LogP) is 6.99. The smallest absolute Gasteiger partial charge is 0.300 e. The van der Waals surface area contributed by atoms with Crippen LogP contribution in [0.1, 0.15) is 61.3 Å². The number of aryl methyl sites for hydroxylation is 2. The SMILES string of the molecule is Cc1cc2[c-]c(c1)C(C)(C)c1[c-]c(cc(C)c1)-c1cccc(n1)C(C)(C)c1cccc-2n1.[Pt+2]. The van der Waals surface area contributed by atoms with Gasteiger partial charge in [0.25, 0.3) is 0 Å². The van der Waals surface area contributed by atoms with Crippen molar-refractivity contribution < 1.29 is 21.1 Å². The fraction of sp³-hybridized carbons (Fsp3) is 0.267. The molecule has 3 heterocycles. The van der Waals surface area contributed by atoms with E-state index < -0.39 is 0 Å². The van der Waals surface area contributed by atoms with Crippen LogP contribution >= 0.6 is 0 Å². The number of hydrogen-bond acceptors (Lipinski definition) is 2. The zero-order chi connectivity index (χ0) is 22.7. The van der Waals surface area contributed by atoms with Gasteiger partial charge in [0.2, 0.25) is 0 Å². The van der Waals surface area contributed by atoms with E-state index in [0.29, 0.717) is 0 Å². The third-order valence-corrected chi connectivity index (χ3v) is 6.70. The Labute approximate surface area is 211 Å². The van der Waals surface area contributed by atoms with Crippen LogP contribution in [0.5, 0.6) is 0 Å². The Morgan fingerprint density at radius 3 is 1.45 bits per heavy atom. The number of nitrogens with zero attached hydrogens (tertiary/aromatic N) is 2. The van der Waals surface area contributed by atoms with Crippen molar-refractivity contribution in [1.29, 1.82) is 0 Å². The van der Waals surface area contributed by atoms with Crippen LogP contribution in [0.2, 0.25) is 0 Å². The monoisotopic (exact) mass is 611 g/mol. The van der Waals surface area contributed by atoms with Gasteiger partial charge in [-0.25, -0.2) is 0 Å². The van der Waals surface area contributed by atoms with Crippen LogP contribution in [0.15, 0.2) is 60.7 Å². The summed E-state index contributed by atoms with van der Waals surface area (Å²) in [5.74, 6) is 0. The average Bonchev–Trinajstić information content (AvgIpc) is 2.78. The third-order valence-electron chi connectivity index (χ3n) is 6.70. The second-order valence-corrected chi connectivity index (χ2v) is 10.0. The molecule has 0 spiro atoms. The zero-order valence-electron chi connectivity index (χ0n) is 20.0. The maximum Gasteiger partial charge on any atom is 2.00 e. The van der Waals surface area contributed by atoms with Gasteiger partial charge in [-0.15, -0.1) is 69.8 Å². The van der Waals surface area contributed by atoms with Crippen LogP contribution in [-0.4, -0.2) is 9.97 Å². The first-order valence-corrected chi connectivity index (χ1v) is 11.2. The summed E-state index contributed by atoms with van der Waals surface area (Å²) < 4.78 is 0. The molecule has 0 saturated heterocycles. The Morgan fingerprint density at radius 2 is 1.03 bits per heavy atom. The molecule has 4 aromatic rings. The molecule has 1 aliphatic heterocycles. The Kier molecular flexibility index (Phi) is 5.95. The van der Waals surface area contributed by atoms with Crippen LogP contribution in [-0.2, 0) is 31.9 Å². The van der Waals surface area contributed by atoms with E-state index >= 15 is 0 Å². The van der Waals surface area contributed by atoms with Gasteiger partial charge in [-0.05, 0) is 42.8 Å². The molecule has 3 heteroatoms. The molecular formula is C30H28N2Pt. The minimum absolute atomic E-state index is 0. The van der Waals surface area contributed by atoms with Crippen molar-refractivity contribution >= 4 is 0 Å². The molecular weight excluding hydrogens is 583 g/mol. The largest absolute Gasteiger partial charge is 2.00 e. The van der Waals surface area contributed by atoms with Crippen LogP contribution in [0.3, 0.4) is 0 Å². The summed E-state index contributed by atoms with van der Waals surface area (Å²) in [5.41, 5.74) is 10.0. The summed E-state index contributed by atoms with van der Waals surface area (Å²) in [7, 11) is 0. The summed E-state index contributed by atoms with van der Waals surface area (Å²) in [4.78, 5) is 10.2. The first-order valence-electron chi connectivity index (χ1n) is 11.2. The fourth-order valence-corrected chi connectivity index (χ4v) is 4.52. The summed E-state index contributed by atoms with van der Waals surface area (Å²) in [6, 6.07) is 28.8. The van der Waals surface area contributed by atoms with E-state index in [1.165, 1.54) is 11.1 Å². The Balaban J connectivity index is 0.00000259. The summed E-state index contributed by atoms with van der Waals surface area (Å²) >= 11 is 0. The van der Waals surface area contributed by atoms with Gasteiger partial charge < -0.3 is 9.97 Å². The quantitative estimate of drug-likeness (QED) is 0.201. The van der Waals surface area contributed by atoms with E-state index in [4.69, 9.17) is 9.97 Å². The topological polar surface area (TPSA) is 25.8 Å². The van der Waals surface area contributed by atoms with Crippen molar-refractivity contribution in [2.24, 2.45) is 0 Å². The van der Waals surface area contributed by atoms with E-state index in [1.807, 2.05) is 0 Å². The standard InChI is InChI=1S/C30H28N2.Pt/c1-19-13-21-17-23(15-19)29(3,4)24-16-20(2)14-22(18-24)26-10-8-12-28(32-26)30(5,6)27-11-7-9-25(21)31-27;/h7-16H,1-6H3;/q-2;+2.